The number of hydrogen-bond donors (Lipinski definition) is 1. The number of carbonyl (C=O) groups is 1. The summed E-state index contributed by atoms with van der Waals surface area (Å²) in [6.07, 6.45) is 4.27. The number of piperidine rings is 1. The van der Waals surface area contributed by atoms with Crippen molar-refractivity contribution in [1.82, 2.24) is 19.8 Å². The van der Waals surface area contributed by atoms with E-state index in [0.29, 0.717) is 43.9 Å². The highest BCUT2D eigenvalue weighted by Crippen LogP contribution is 2.41. The number of rotatable bonds is 3. The first-order valence-corrected chi connectivity index (χ1v) is 10.2. The van der Waals surface area contributed by atoms with Crippen LogP contribution in [0.5, 0.6) is 0 Å². The van der Waals surface area contributed by atoms with Crippen molar-refractivity contribution in [2.75, 3.05) is 19.7 Å². The maximum atomic E-state index is 12.9. The van der Waals surface area contributed by atoms with E-state index in [4.69, 9.17) is 14.4 Å². The number of nitrogens with zero attached hydrogens (tertiary/aromatic N) is 4. The molecule has 8 heteroatoms. The minimum atomic E-state index is -0.468. The van der Waals surface area contributed by atoms with Gasteiger partial charge in [-0.1, -0.05) is 23.4 Å². The second kappa shape index (κ2) is 7.37. The summed E-state index contributed by atoms with van der Waals surface area (Å²) >= 11 is 0. The van der Waals surface area contributed by atoms with E-state index >= 15 is 0 Å². The minimum absolute atomic E-state index is 0.199. The van der Waals surface area contributed by atoms with Gasteiger partial charge in [-0.3, -0.25) is 4.79 Å². The Morgan fingerprint density at radius 1 is 1.23 bits per heavy atom. The van der Waals surface area contributed by atoms with E-state index in [1.807, 2.05) is 35.0 Å². The van der Waals surface area contributed by atoms with Gasteiger partial charge in [-0.2, -0.15) is 5.10 Å². The molecule has 1 aromatic carbocycles. The fourth-order valence-electron chi connectivity index (χ4n) is 4.46. The van der Waals surface area contributed by atoms with Crippen molar-refractivity contribution in [3.05, 3.63) is 64.8 Å². The topological polar surface area (TPSA) is 93.6 Å². The molecule has 0 aliphatic carbocycles. The van der Waals surface area contributed by atoms with Gasteiger partial charge in [0.15, 0.2) is 5.69 Å². The molecule has 0 unspecified atom stereocenters. The monoisotopic (exact) mass is 408 g/mol. The Bertz CT molecular complexity index is 1060. The van der Waals surface area contributed by atoms with Crippen LogP contribution in [-0.4, -0.2) is 50.5 Å². The first kappa shape index (κ1) is 19.0. The summed E-state index contributed by atoms with van der Waals surface area (Å²) in [6, 6.07) is 10.1. The van der Waals surface area contributed by atoms with Crippen molar-refractivity contribution in [3.8, 4) is 5.69 Å². The van der Waals surface area contributed by atoms with Gasteiger partial charge in [0, 0.05) is 19.3 Å². The largest absolute Gasteiger partial charge is 0.391 e. The van der Waals surface area contributed by atoms with Gasteiger partial charge in [0.25, 0.3) is 5.91 Å². The molecule has 30 heavy (non-hydrogen) atoms. The molecule has 4 heterocycles. The Morgan fingerprint density at radius 2 is 2.00 bits per heavy atom. The number of carbonyl (C=O) groups excluding carboxylic acids is 1. The second-order valence-electron chi connectivity index (χ2n) is 7.89. The van der Waals surface area contributed by atoms with E-state index in [-0.39, 0.29) is 18.2 Å². The molecule has 8 nitrogen and oxygen atoms in total. The third kappa shape index (κ3) is 3.03. The van der Waals surface area contributed by atoms with Crippen LogP contribution in [0.15, 0.2) is 41.1 Å². The number of ether oxygens (including phenoxy) is 1. The van der Waals surface area contributed by atoms with Crippen LogP contribution in [0.2, 0.25) is 0 Å². The fourth-order valence-corrected chi connectivity index (χ4v) is 4.46. The molecule has 156 valence electrons. The highest BCUT2D eigenvalue weighted by atomic mass is 16.5. The van der Waals surface area contributed by atoms with Gasteiger partial charge in [-0.15, -0.1) is 0 Å². The quantitative estimate of drug-likeness (QED) is 0.715. The van der Waals surface area contributed by atoms with Gasteiger partial charge in [0.1, 0.15) is 11.4 Å². The van der Waals surface area contributed by atoms with E-state index < -0.39 is 5.60 Å². The zero-order valence-corrected chi connectivity index (χ0v) is 16.9. The molecule has 0 saturated carbocycles. The number of aromatic nitrogens is 3. The number of aliphatic hydroxyl groups excluding tert-OH is 1. The van der Waals surface area contributed by atoms with Crippen LogP contribution in [0.25, 0.3) is 5.69 Å². The second-order valence-corrected chi connectivity index (χ2v) is 7.89. The summed E-state index contributed by atoms with van der Waals surface area (Å²) in [5, 5.41) is 18.3. The zero-order valence-electron chi connectivity index (χ0n) is 16.9. The van der Waals surface area contributed by atoms with Gasteiger partial charge in [-0.25, -0.2) is 4.68 Å². The Labute approximate surface area is 174 Å². The summed E-state index contributed by atoms with van der Waals surface area (Å²) in [7, 11) is 0. The van der Waals surface area contributed by atoms with Gasteiger partial charge >= 0.3 is 0 Å². The van der Waals surface area contributed by atoms with Gasteiger partial charge < -0.3 is 19.3 Å². The predicted octanol–water partition coefficient (Wildman–Crippen LogP) is 2.37. The molecule has 2 aliphatic rings. The number of hydrogen-bond acceptors (Lipinski definition) is 6. The fraction of sp³-hybridized carbons (Fsp3) is 0.409. The lowest BCUT2D eigenvalue weighted by molar-refractivity contribution is -0.0964. The first-order valence-electron chi connectivity index (χ1n) is 10.2. The van der Waals surface area contributed by atoms with Crippen LogP contribution < -0.4 is 0 Å². The Morgan fingerprint density at radius 3 is 2.73 bits per heavy atom. The van der Waals surface area contributed by atoms with E-state index in [2.05, 4.69) is 11.4 Å². The van der Waals surface area contributed by atoms with Crippen molar-refractivity contribution in [2.45, 2.75) is 38.4 Å². The predicted molar refractivity (Wildman–Crippen MR) is 107 cm³/mol. The molecule has 1 spiro atoms. The summed E-state index contributed by atoms with van der Waals surface area (Å²) in [5.74, 6) is 0.262. The van der Waals surface area contributed by atoms with Crippen molar-refractivity contribution < 1.29 is 19.2 Å². The Hall–Kier alpha value is -2.97. The molecule has 2 aliphatic heterocycles. The number of amides is 1. The minimum Gasteiger partial charge on any atom is -0.391 e. The summed E-state index contributed by atoms with van der Waals surface area (Å²) in [6.45, 7) is 3.15. The van der Waals surface area contributed by atoms with Gasteiger partial charge in [0.05, 0.1) is 30.2 Å². The first-order chi connectivity index (χ1) is 14.6. The molecule has 3 aromatic rings. The third-order valence-corrected chi connectivity index (χ3v) is 6.20. The summed E-state index contributed by atoms with van der Waals surface area (Å²) in [4.78, 5) is 14.7. The lowest BCUT2D eigenvalue weighted by Crippen LogP contribution is -2.48. The summed E-state index contributed by atoms with van der Waals surface area (Å²) in [5.41, 5.74) is 3.40. The smallest absolute Gasteiger partial charge is 0.276 e. The zero-order chi connectivity index (χ0) is 20.7. The lowest BCUT2D eigenvalue weighted by Gasteiger charge is -2.42. The highest BCUT2D eigenvalue weighted by Gasteiger charge is 2.44. The molecule has 1 fully saturated rings. The van der Waals surface area contributed by atoms with Crippen LogP contribution in [0.3, 0.4) is 0 Å². The molecular formula is C22H24N4O4. The van der Waals surface area contributed by atoms with Gasteiger partial charge in [0.2, 0.25) is 0 Å². The van der Waals surface area contributed by atoms with Crippen LogP contribution >= 0.6 is 0 Å². The lowest BCUT2D eigenvalue weighted by atomic mass is 9.83. The molecule has 1 amide bonds. The van der Waals surface area contributed by atoms with E-state index in [1.54, 1.807) is 11.8 Å². The number of benzene rings is 1. The molecule has 0 radical (unpaired) electrons. The Kier molecular flexibility index (Phi) is 4.67. The highest BCUT2D eigenvalue weighted by molar-refractivity contribution is 5.93. The van der Waals surface area contributed by atoms with Crippen molar-refractivity contribution in [2.24, 2.45) is 0 Å². The molecule has 5 rings (SSSR count). The van der Waals surface area contributed by atoms with Crippen molar-refractivity contribution in [3.63, 3.8) is 0 Å². The van der Waals surface area contributed by atoms with E-state index in [9.17, 15) is 9.90 Å². The Balaban J connectivity index is 1.38. The van der Waals surface area contributed by atoms with Crippen LogP contribution in [0.4, 0.5) is 0 Å². The number of aliphatic hydroxyl groups is 1. The van der Waals surface area contributed by atoms with E-state index in [0.717, 1.165) is 17.8 Å². The number of likely N-dealkylation sites (tertiary alicyclic amines) is 1. The normalized spacial score (nSPS) is 17.9. The molecule has 0 atom stereocenters. The maximum Gasteiger partial charge on any atom is 0.276 e. The van der Waals surface area contributed by atoms with E-state index in [1.165, 1.54) is 5.56 Å². The molecule has 1 saturated heterocycles. The molecule has 2 aromatic heterocycles. The van der Waals surface area contributed by atoms with Crippen LogP contribution in [0, 0.1) is 6.92 Å². The van der Waals surface area contributed by atoms with Crippen LogP contribution in [0.1, 0.15) is 45.9 Å². The summed E-state index contributed by atoms with van der Waals surface area (Å²) < 4.78 is 13.3. The molecule has 0 bridgehead atoms. The SMILES string of the molecule is Cc1onc(C(=O)N2CCC3(CC2)OCCc2cn(-c4ccccc4)nc23)c1CO. The molecule has 1 N–H and O–H groups in total. The third-order valence-electron chi connectivity index (χ3n) is 6.20. The number of fused-ring (bicyclic) bond motifs is 2. The van der Waals surface area contributed by atoms with Crippen molar-refractivity contribution >= 4 is 5.91 Å². The maximum absolute atomic E-state index is 12.9. The number of para-hydroxylation sites is 1. The average Bonchev–Trinajstić information content (AvgIpc) is 3.39. The van der Waals surface area contributed by atoms with Crippen LogP contribution in [-0.2, 0) is 23.4 Å². The number of aryl methyl sites for hydroxylation is 1. The average molecular weight is 408 g/mol. The van der Waals surface area contributed by atoms with Gasteiger partial charge in [-0.05, 0) is 43.9 Å². The standard InChI is InChI=1S/C22H24N4O4/c1-15-18(14-27)19(24-30-15)21(28)25-10-8-22(9-11-25)20-16(7-12-29-22)13-26(23-20)17-5-3-2-4-6-17/h2-6,13,27H,7-12,14H2,1H3. The molecular weight excluding hydrogens is 384 g/mol. The van der Waals surface area contributed by atoms with Crippen molar-refractivity contribution in [1.29, 1.82) is 0 Å².